The van der Waals surface area contributed by atoms with Gasteiger partial charge in [-0.05, 0) is 12.1 Å². The predicted molar refractivity (Wildman–Crippen MR) is 58.7 cm³/mol. The number of nitrogens with zero attached hydrogens (tertiary/aromatic N) is 2. The molecule has 0 saturated heterocycles. The highest BCUT2D eigenvalue weighted by atomic mass is 19.1. The fourth-order valence-corrected chi connectivity index (χ4v) is 1.53. The maximum absolute atomic E-state index is 13.1. The van der Waals surface area contributed by atoms with E-state index >= 15 is 0 Å². The molecule has 0 atom stereocenters. The van der Waals surface area contributed by atoms with E-state index in [1.54, 1.807) is 17.2 Å². The Labute approximate surface area is 91.4 Å². The van der Waals surface area contributed by atoms with Gasteiger partial charge in [0.25, 0.3) is 5.69 Å². The number of rotatable bonds is 2. The van der Waals surface area contributed by atoms with Gasteiger partial charge in [0, 0.05) is 24.9 Å². The average molecular weight is 220 g/mol. The molecule has 0 unspecified atom stereocenters. The Morgan fingerprint density at radius 3 is 2.81 bits per heavy atom. The highest BCUT2D eigenvalue weighted by Crippen LogP contribution is 2.29. The number of nitro groups is 1. The van der Waals surface area contributed by atoms with Gasteiger partial charge in [-0.15, -0.1) is 0 Å². The van der Waals surface area contributed by atoms with Crippen molar-refractivity contribution in [2.45, 2.75) is 0 Å². The Balaban J connectivity index is 2.45. The fourth-order valence-electron chi connectivity index (χ4n) is 1.53. The number of halogens is 1. The van der Waals surface area contributed by atoms with Gasteiger partial charge in [0.05, 0.1) is 4.92 Å². The molecule has 0 spiro atoms. The SMILES string of the molecule is O=[N+]([O-])c1ccc(F)cc1N1C=CC=CC1. The lowest BCUT2D eigenvalue weighted by molar-refractivity contribution is -0.384. The molecular weight excluding hydrogens is 211 g/mol. The van der Waals surface area contributed by atoms with Gasteiger partial charge in [0.1, 0.15) is 11.5 Å². The molecule has 0 saturated carbocycles. The van der Waals surface area contributed by atoms with Crippen LogP contribution in [-0.2, 0) is 0 Å². The lowest BCUT2D eigenvalue weighted by atomic mass is 10.2. The minimum absolute atomic E-state index is 0.0960. The second-order valence-electron chi connectivity index (χ2n) is 3.31. The maximum atomic E-state index is 13.1. The molecule has 5 heteroatoms. The summed E-state index contributed by atoms with van der Waals surface area (Å²) in [4.78, 5) is 11.9. The zero-order valence-corrected chi connectivity index (χ0v) is 8.34. The summed E-state index contributed by atoms with van der Waals surface area (Å²) in [5, 5.41) is 10.8. The normalized spacial score (nSPS) is 14.2. The van der Waals surface area contributed by atoms with E-state index in [4.69, 9.17) is 0 Å². The van der Waals surface area contributed by atoms with E-state index in [9.17, 15) is 14.5 Å². The summed E-state index contributed by atoms with van der Waals surface area (Å²) in [5.74, 6) is -0.483. The van der Waals surface area contributed by atoms with Crippen LogP contribution in [0, 0.1) is 15.9 Å². The van der Waals surface area contributed by atoms with Gasteiger partial charge in [0.2, 0.25) is 0 Å². The van der Waals surface area contributed by atoms with E-state index in [2.05, 4.69) is 0 Å². The lowest BCUT2D eigenvalue weighted by Gasteiger charge is -2.20. The molecule has 1 aromatic rings. The smallest absolute Gasteiger partial charge is 0.293 e. The first-order valence-electron chi connectivity index (χ1n) is 4.72. The summed E-state index contributed by atoms with van der Waals surface area (Å²) >= 11 is 0. The van der Waals surface area contributed by atoms with E-state index in [0.29, 0.717) is 6.54 Å². The Morgan fingerprint density at radius 1 is 1.38 bits per heavy atom. The average Bonchev–Trinajstić information content (AvgIpc) is 2.29. The number of hydrogen-bond donors (Lipinski definition) is 0. The Kier molecular flexibility index (Phi) is 2.68. The summed E-state index contributed by atoms with van der Waals surface area (Å²) in [7, 11) is 0. The van der Waals surface area contributed by atoms with Gasteiger partial charge in [-0.1, -0.05) is 12.2 Å². The van der Waals surface area contributed by atoms with Crippen LogP contribution < -0.4 is 4.90 Å². The van der Waals surface area contributed by atoms with Crippen molar-refractivity contribution < 1.29 is 9.31 Å². The van der Waals surface area contributed by atoms with Crippen molar-refractivity contribution in [3.8, 4) is 0 Å². The van der Waals surface area contributed by atoms with Crippen LogP contribution in [0.3, 0.4) is 0 Å². The fraction of sp³-hybridized carbons (Fsp3) is 0.0909. The van der Waals surface area contributed by atoms with Crippen LogP contribution in [0.5, 0.6) is 0 Å². The predicted octanol–water partition coefficient (Wildman–Crippen LogP) is 2.62. The van der Waals surface area contributed by atoms with Crippen molar-refractivity contribution in [3.05, 3.63) is 58.6 Å². The van der Waals surface area contributed by atoms with Gasteiger partial charge in [-0.3, -0.25) is 10.1 Å². The molecule has 1 aromatic carbocycles. The number of anilines is 1. The lowest BCUT2D eigenvalue weighted by Crippen LogP contribution is -2.18. The van der Waals surface area contributed by atoms with Crippen molar-refractivity contribution in [1.29, 1.82) is 0 Å². The maximum Gasteiger partial charge on any atom is 0.293 e. The van der Waals surface area contributed by atoms with Crippen LogP contribution in [0.4, 0.5) is 15.8 Å². The zero-order valence-electron chi connectivity index (χ0n) is 8.34. The van der Waals surface area contributed by atoms with Crippen LogP contribution in [0.1, 0.15) is 0 Å². The largest absolute Gasteiger partial charge is 0.339 e. The first-order chi connectivity index (χ1) is 7.68. The molecule has 0 radical (unpaired) electrons. The number of allylic oxidation sites excluding steroid dienone is 2. The highest BCUT2D eigenvalue weighted by Gasteiger charge is 2.18. The van der Waals surface area contributed by atoms with Gasteiger partial charge >= 0.3 is 0 Å². The van der Waals surface area contributed by atoms with Crippen molar-refractivity contribution in [2.24, 2.45) is 0 Å². The first kappa shape index (κ1) is 10.4. The van der Waals surface area contributed by atoms with Crippen molar-refractivity contribution >= 4 is 11.4 Å². The molecule has 82 valence electrons. The standard InChI is InChI=1S/C11H9FN2O2/c12-9-4-5-10(14(15)16)11(8-9)13-6-2-1-3-7-13/h1-6,8H,7H2. The van der Waals surface area contributed by atoms with Gasteiger partial charge in [-0.25, -0.2) is 4.39 Å². The Morgan fingerprint density at radius 2 is 2.19 bits per heavy atom. The molecule has 2 rings (SSSR count). The highest BCUT2D eigenvalue weighted by molar-refractivity contribution is 5.65. The molecule has 0 bridgehead atoms. The van der Waals surface area contributed by atoms with Crippen molar-refractivity contribution in [2.75, 3.05) is 11.4 Å². The molecule has 1 aliphatic rings. The molecule has 0 amide bonds. The molecule has 16 heavy (non-hydrogen) atoms. The molecule has 4 nitrogen and oxygen atoms in total. The van der Waals surface area contributed by atoms with Crippen LogP contribution >= 0.6 is 0 Å². The summed E-state index contributed by atoms with van der Waals surface area (Å²) in [5.41, 5.74) is 0.173. The quantitative estimate of drug-likeness (QED) is 0.568. The number of benzene rings is 1. The van der Waals surface area contributed by atoms with E-state index in [1.807, 2.05) is 12.2 Å². The molecule has 1 heterocycles. The van der Waals surface area contributed by atoms with E-state index in [1.165, 1.54) is 12.1 Å². The molecule has 0 aromatic heterocycles. The van der Waals surface area contributed by atoms with Gasteiger partial charge < -0.3 is 4.90 Å². The third-order valence-corrected chi connectivity index (χ3v) is 2.26. The van der Waals surface area contributed by atoms with Crippen molar-refractivity contribution in [3.63, 3.8) is 0 Å². The minimum Gasteiger partial charge on any atom is -0.339 e. The molecule has 0 aliphatic carbocycles. The van der Waals surface area contributed by atoms with Crippen LogP contribution in [0.2, 0.25) is 0 Å². The Bertz CT molecular complexity index is 483. The molecule has 0 N–H and O–H groups in total. The zero-order chi connectivity index (χ0) is 11.5. The van der Waals surface area contributed by atoms with E-state index < -0.39 is 10.7 Å². The second kappa shape index (κ2) is 4.14. The number of nitro benzene ring substituents is 1. The van der Waals surface area contributed by atoms with Crippen molar-refractivity contribution in [1.82, 2.24) is 0 Å². The van der Waals surface area contributed by atoms with Gasteiger partial charge in [0.15, 0.2) is 0 Å². The third kappa shape index (κ3) is 1.93. The summed E-state index contributed by atoms with van der Waals surface area (Å²) in [6.07, 6.45) is 7.11. The summed E-state index contributed by atoms with van der Waals surface area (Å²) in [6.45, 7) is 0.501. The van der Waals surface area contributed by atoms with Gasteiger partial charge in [-0.2, -0.15) is 0 Å². The summed E-state index contributed by atoms with van der Waals surface area (Å²) in [6, 6.07) is 3.43. The molecule has 0 fully saturated rings. The minimum atomic E-state index is -0.513. The monoisotopic (exact) mass is 220 g/mol. The molecular formula is C11H9FN2O2. The van der Waals surface area contributed by atoms with Crippen LogP contribution in [0.25, 0.3) is 0 Å². The second-order valence-corrected chi connectivity index (χ2v) is 3.31. The van der Waals surface area contributed by atoms with Crippen LogP contribution in [-0.4, -0.2) is 11.5 Å². The first-order valence-corrected chi connectivity index (χ1v) is 4.72. The number of hydrogen-bond acceptors (Lipinski definition) is 3. The Hall–Kier alpha value is -2.17. The van der Waals surface area contributed by atoms with Crippen LogP contribution in [0.15, 0.2) is 42.6 Å². The molecule has 1 aliphatic heterocycles. The summed E-state index contributed by atoms with van der Waals surface area (Å²) < 4.78 is 13.1. The van der Waals surface area contributed by atoms with E-state index in [0.717, 1.165) is 6.07 Å². The third-order valence-electron chi connectivity index (χ3n) is 2.26. The topological polar surface area (TPSA) is 46.4 Å². The van der Waals surface area contributed by atoms with E-state index in [-0.39, 0.29) is 11.4 Å².